The molecule has 33 heavy (non-hydrogen) atoms. The van der Waals surface area contributed by atoms with Crippen LogP contribution in [0.25, 0.3) is 5.69 Å². The van der Waals surface area contributed by atoms with Crippen LogP contribution in [0.15, 0.2) is 47.4 Å². The Bertz CT molecular complexity index is 1320. The molecule has 0 bridgehead atoms. The van der Waals surface area contributed by atoms with Gasteiger partial charge in [-0.3, -0.25) is 4.79 Å². The van der Waals surface area contributed by atoms with E-state index >= 15 is 0 Å². The van der Waals surface area contributed by atoms with Gasteiger partial charge in [-0.05, 0) is 74.2 Å². The average Bonchev–Trinajstić information content (AvgIpc) is 3.55. The zero-order chi connectivity index (χ0) is 23.2. The van der Waals surface area contributed by atoms with E-state index < -0.39 is 10.0 Å². The Balaban J connectivity index is 1.43. The van der Waals surface area contributed by atoms with Crippen molar-refractivity contribution < 1.29 is 13.2 Å². The lowest BCUT2D eigenvalue weighted by atomic mass is 10.1. The number of nitrogens with zero attached hydrogens (tertiary/aromatic N) is 3. The summed E-state index contributed by atoms with van der Waals surface area (Å²) in [6.07, 6.45) is 1.77. The number of nitrogens with one attached hydrogen (secondary N) is 1. The highest BCUT2D eigenvalue weighted by molar-refractivity contribution is 7.98. The van der Waals surface area contributed by atoms with Crippen LogP contribution < -0.4 is 5.32 Å². The molecular weight excluding hydrogens is 456 g/mol. The van der Waals surface area contributed by atoms with Gasteiger partial charge < -0.3 is 5.32 Å². The molecule has 3 heterocycles. The van der Waals surface area contributed by atoms with Crippen molar-refractivity contribution in [3.05, 3.63) is 70.4 Å². The van der Waals surface area contributed by atoms with Gasteiger partial charge in [0.05, 0.1) is 16.3 Å². The van der Waals surface area contributed by atoms with Crippen molar-refractivity contribution in [2.24, 2.45) is 0 Å². The third-order valence-corrected chi connectivity index (χ3v) is 9.22. The minimum absolute atomic E-state index is 0.221. The number of amides is 1. The number of carbonyl (C=O) groups excluding carboxylic acids is 1. The summed E-state index contributed by atoms with van der Waals surface area (Å²) < 4.78 is 28.8. The zero-order valence-corrected chi connectivity index (χ0v) is 20.3. The molecule has 2 aliphatic heterocycles. The highest BCUT2D eigenvalue weighted by Gasteiger charge is 2.28. The summed E-state index contributed by atoms with van der Waals surface area (Å²) in [5.74, 6) is 2.00. The minimum Gasteiger partial charge on any atom is -0.306 e. The second-order valence-corrected chi connectivity index (χ2v) is 11.5. The van der Waals surface area contributed by atoms with Gasteiger partial charge in [-0.2, -0.15) is 21.2 Å². The first-order valence-electron chi connectivity index (χ1n) is 11.0. The molecule has 1 N–H and O–H groups in total. The number of carbonyl (C=O) groups is 1. The van der Waals surface area contributed by atoms with Crippen molar-refractivity contribution >= 4 is 33.5 Å². The maximum absolute atomic E-state index is 13.1. The van der Waals surface area contributed by atoms with E-state index in [4.69, 9.17) is 5.10 Å². The van der Waals surface area contributed by atoms with Crippen molar-refractivity contribution in [2.45, 2.75) is 43.1 Å². The second-order valence-electron chi connectivity index (χ2n) is 8.54. The first-order chi connectivity index (χ1) is 15.8. The summed E-state index contributed by atoms with van der Waals surface area (Å²) in [4.78, 5) is 13.3. The highest BCUT2D eigenvalue weighted by Crippen LogP contribution is 2.36. The number of hydrogen-bond acceptors (Lipinski definition) is 5. The van der Waals surface area contributed by atoms with Crippen molar-refractivity contribution in [3.8, 4) is 5.69 Å². The Morgan fingerprint density at radius 3 is 2.42 bits per heavy atom. The summed E-state index contributed by atoms with van der Waals surface area (Å²) in [7, 11) is -3.50. The van der Waals surface area contributed by atoms with Gasteiger partial charge in [0.1, 0.15) is 5.82 Å². The van der Waals surface area contributed by atoms with Gasteiger partial charge in [0.15, 0.2) is 0 Å². The van der Waals surface area contributed by atoms with Crippen LogP contribution in [0, 0.1) is 13.8 Å². The molecule has 0 saturated carbocycles. The standard InChI is InChI=1S/C24H26N4O3S2/c1-16-5-8-19(13-17(16)2)28-23(21-14-32-15-22(21)26-28)25-24(29)18-6-9-20(10-7-18)33(30,31)27-11-3-4-12-27/h5-10,13H,3-4,11-12,14-15H2,1-2H3,(H,25,29). The molecule has 0 radical (unpaired) electrons. The molecule has 7 nitrogen and oxygen atoms in total. The summed E-state index contributed by atoms with van der Waals surface area (Å²) in [6, 6.07) is 12.3. The van der Waals surface area contributed by atoms with Gasteiger partial charge in [0.2, 0.25) is 10.0 Å². The second kappa shape index (κ2) is 8.62. The molecular formula is C24H26N4O3S2. The predicted molar refractivity (Wildman–Crippen MR) is 130 cm³/mol. The molecule has 0 spiro atoms. The largest absolute Gasteiger partial charge is 0.306 e. The normalized spacial score (nSPS) is 16.2. The topological polar surface area (TPSA) is 84.3 Å². The van der Waals surface area contributed by atoms with E-state index in [1.165, 1.54) is 22.0 Å². The molecule has 3 aromatic rings. The Kier molecular flexibility index (Phi) is 5.80. The fourth-order valence-electron chi connectivity index (χ4n) is 4.22. The summed E-state index contributed by atoms with van der Waals surface area (Å²) >= 11 is 1.77. The maximum Gasteiger partial charge on any atom is 0.256 e. The van der Waals surface area contributed by atoms with E-state index in [2.05, 4.69) is 31.3 Å². The molecule has 1 aromatic heterocycles. The number of hydrogen-bond donors (Lipinski definition) is 1. The lowest BCUT2D eigenvalue weighted by Gasteiger charge is -2.16. The van der Waals surface area contributed by atoms with E-state index in [0.29, 0.717) is 24.5 Å². The molecule has 0 unspecified atom stereocenters. The van der Waals surface area contributed by atoms with Gasteiger partial charge >= 0.3 is 0 Å². The zero-order valence-electron chi connectivity index (χ0n) is 18.7. The van der Waals surface area contributed by atoms with E-state index in [1.807, 2.05) is 6.07 Å². The van der Waals surface area contributed by atoms with Crippen LogP contribution in [0.1, 0.15) is 45.6 Å². The van der Waals surface area contributed by atoms with E-state index in [9.17, 15) is 13.2 Å². The fourth-order valence-corrected chi connectivity index (χ4v) is 6.77. The van der Waals surface area contributed by atoms with Gasteiger partial charge in [-0.1, -0.05) is 6.07 Å². The number of aromatic nitrogens is 2. The Morgan fingerprint density at radius 2 is 1.73 bits per heavy atom. The van der Waals surface area contributed by atoms with Gasteiger partial charge in [-0.25, -0.2) is 13.1 Å². The number of thioether (sulfide) groups is 1. The third kappa shape index (κ3) is 4.09. The number of benzene rings is 2. The quantitative estimate of drug-likeness (QED) is 0.587. The van der Waals surface area contributed by atoms with Gasteiger partial charge in [0.25, 0.3) is 5.91 Å². The molecule has 2 aromatic carbocycles. The fraction of sp³-hybridized carbons (Fsp3) is 0.333. The van der Waals surface area contributed by atoms with E-state index in [-0.39, 0.29) is 10.8 Å². The van der Waals surface area contributed by atoms with Crippen LogP contribution in [-0.4, -0.2) is 41.5 Å². The highest BCUT2D eigenvalue weighted by atomic mass is 32.2. The number of sulfonamides is 1. The van der Waals surface area contributed by atoms with Crippen molar-refractivity contribution in [2.75, 3.05) is 18.4 Å². The Morgan fingerprint density at radius 1 is 1.00 bits per heavy atom. The predicted octanol–water partition coefficient (Wildman–Crippen LogP) is 4.27. The molecule has 1 saturated heterocycles. The SMILES string of the molecule is Cc1ccc(-n2nc3c(c2NC(=O)c2ccc(S(=O)(=O)N4CCCC4)cc2)CSC3)cc1C. The van der Waals surface area contributed by atoms with Crippen LogP contribution in [0.3, 0.4) is 0 Å². The van der Waals surface area contributed by atoms with Gasteiger partial charge in [-0.15, -0.1) is 0 Å². The number of fused-ring (bicyclic) bond motifs is 1. The lowest BCUT2D eigenvalue weighted by molar-refractivity contribution is 0.102. The maximum atomic E-state index is 13.1. The molecule has 1 fully saturated rings. The van der Waals surface area contributed by atoms with Crippen LogP contribution in [0.5, 0.6) is 0 Å². The molecule has 0 aliphatic carbocycles. The first-order valence-corrected chi connectivity index (χ1v) is 13.6. The van der Waals surface area contributed by atoms with Crippen molar-refractivity contribution in [1.82, 2.24) is 14.1 Å². The Hall–Kier alpha value is -2.62. The van der Waals surface area contributed by atoms with Crippen molar-refractivity contribution in [1.29, 1.82) is 0 Å². The monoisotopic (exact) mass is 482 g/mol. The van der Waals surface area contributed by atoms with Crippen LogP contribution in [0.4, 0.5) is 5.82 Å². The van der Waals surface area contributed by atoms with Gasteiger partial charge in [0, 0.05) is 35.7 Å². The smallest absolute Gasteiger partial charge is 0.256 e. The molecule has 5 rings (SSSR count). The first kappa shape index (κ1) is 22.2. The number of anilines is 1. The molecule has 2 aliphatic rings. The summed E-state index contributed by atoms with van der Waals surface area (Å²) in [6.45, 7) is 5.23. The van der Waals surface area contributed by atoms with E-state index in [0.717, 1.165) is 46.9 Å². The third-order valence-electron chi connectivity index (χ3n) is 6.34. The molecule has 9 heteroatoms. The summed E-state index contributed by atoms with van der Waals surface area (Å²) in [5, 5.41) is 7.81. The molecule has 0 atom stereocenters. The van der Waals surface area contributed by atoms with Crippen LogP contribution >= 0.6 is 11.8 Å². The lowest BCUT2D eigenvalue weighted by Crippen LogP contribution is -2.27. The van der Waals surface area contributed by atoms with Crippen molar-refractivity contribution in [3.63, 3.8) is 0 Å². The summed E-state index contributed by atoms with van der Waals surface area (Å²) in [5.41, 5.74) is 5.69. The Labute approximate surface area is 198 Å². The van der Waals surface area contributed by atoms with E-state index in [1.54, 1.807) is 28.6 Å². The molecule has 1 amide bonds. The minimum atomic E-state index is -3.50. The van der Waals surface area contributed by atoms with Crippen LogP contribution in [-0.2, 0) is 21.5 Å². The number of rotatable bonds is 5. The molecule has 172 valence electrons. The average molecular weight is 483 g/mol. The number of aryl methyl sites for hydroxylation is 2. The van der Waals surface area contributed by atoms with Crippen LogP contribution in [0.2, 0.25) is 0 Å².